The van der Waals surface area contributed by atoms with Gasteiger partial charge in [0, 0.05) is 0 Å². The summed E-state index contributed by atoms with van der Waals surface area (Å²) in [4.78, 5) is 50.4. The number of ether oxygens (including phenoxy) is 4. The van der Waals surface area contributed by atoms with Crippen LogP contribution in [0, 0.1) is 0 Å². The van der Waals surface area contributed by atoms with Gasteiger partial charge < -0.3 is 18.9 Å². The second-order valence-corrected chi connectivity index (χ2v) is 11.4. The largest absolute Gasteiger partial charge is 0.459 e. The number of carbonyl (C=O) groups excluding carboxylic acids is 4. The molecule has 0 aromatic heterocycles. The van der Waals surface area contributed by atoms with Crippen LogP contribution >= 0.6 is 0 Å². The number of benzene rings is 3. The number of hydrogen-bond donors (Lipinski definition) is 0. The van der Waals surface area contributed by atoms with Gasteiger partial charge >= 0.3 is 23.9 Å². The van der Waals surface area contributed by atoms with Gasteiger partial charge in [0.1, 0.15) is 23.7 Å². The van der Waals surface area contributed by atoms with E-state index in [1.807, 2.05) is 0 Å². The smallest absolute Gasteiger partial charge is 0.343 e. The van der Waals surface area contributed by atoms with Crippen LogP contribution in [0.5, 0.6) is 11.5 Å². The van der Waals surface area contributed by atoms with Crippen molar-refractivity contribution < 1.29 is 38.1 Å². The minimum absolute atomic E-state index is 0.0468. The van der Waals surface area contributed by atoms with Crippen LogP contribution in [0.1, 0.15) is 118 Å². The Balaban J connectivity index is 1.10. The summed E-state index contributed by atoms with van der Waals surface area (Å²) in [5.41, 5.74) is 1.30. The second-order valence-electron chi connectivity index (χ2n) is 11.4. The van der Waals surface area contributed by atoms with Crippen LogP contribution < -0.4 is 9.47 Å². The molecule has 0 radical (unpaired) electrons. The number of rotatable bonds is 8. The maximum Gasteiger partial charge on any atom is 0.343 e. The van der Waals surface area contributed by atoms with Gasteiger partial charge in [-0.2, -0.15) is 0 Å². The molecule has 8 heteroatoms. The van der Waals surface area contributed by atoms with Gasteiger partial charge in [0.05, 0.1) is 22.3 Å². The summed E-state index contributed by atoms with van der Waals surface area (Å²) in [7, 11) is 0. The van der Waals surface area contributed by atoms with Crippen molar-refractivity contribution in [1.82, 2.24) is 0 Å². The molecule has 0 aliphatic heterocycles. The molecule has 0 spiro atoms. The molecule has 0 atom stereocenters. The fourth-order valence-electron chi connectivity index (χ4n) is 5.55. The van der Waals surface area contributed by atoms with E-state index < -0.39 is 11.9 Å². The molecule has 44 heavy (non-hydrogen) atoms. The SMILES string of the molecule is O=C(Oc1ccc(C(=O)OC2CCCCCC2)cc1)c1ccc(C(=O)Oc2ccc(C(=O)OC3CCCCCC3)cc2)cc1. The van der Waals surface area contributed by atoms with Gasteiger partial charge in [-0.3, -0.25) is 0 Å². The second kappa shape index (κ2) is 15.3. The van der Waals surface area contributed by atoms with Crippen LogP contribution in [0.25, 0.3) is 0 Å². The topological polar surface area (TPSA) is 105 Å². The van der Waals surface area contributed by atoms with Crippen LogP contribution in [0.2, 0.25) is 0 Å². The van der Waals surface area contributed by atoms with Crippen LogP contribution in [0.4, 0.5) is 0 Å². The van der Waals surface area contributed by atoms with E-state index in [-0.39, 0.29) is 46.8 Å². The lowest BCUT2D eigenvalue weighted by molar-refractivity contribution is 0.0257. The van der Waals surface area contributed by atoms with Crippen LogP contribution in [0.3, 0.4) is 0 Å². The molecule has 3 aromatic rings. The molecule has 5 rings (SSSR count). The van der Waals surface area contributed by atoms with Crippen molar-refractivity contribution in [2.24, 2.45) is 0 Å². The van der Waals surface area contributed by atoms with Gasteiger partial charge in [0.15, 0.2) is 0 Å². The summed E-state index contributed by atoms with van der Waals surface area (Å²) < 4.78 is 22.2. The number of esters is 4. The first kappa shape index (κ1) is 31.0. The molecule has 2 saturated carbocycles. The third-order valence-corrected chi connectivity index (χ3v) is 8.11. The molecule has 0 N–H and O–H groups in total. The summed E-state index contributed by atoms with van der Waals surface area (Å²) in [6.07, 6.45) is 12.5. The van der Waals surface area contributed by atoms with Crippen molar-refractivity contribution in [2.75, 3.05) is 0 Å². The van der Waals surface area contributed by atoms with Crippen molar-refractivity contribution in [3.05, 3.63) is 95.1 Å². The van der Waals surface area contributed by atoms with Gasteiger partial charge in [-0.1, -0.05) is 25.7 Å². The molecule has 2 fully saturated rings. The van der Waals surface area contributed by atoms with E-state index in [1.165, 1.54) is 49.9 Å². The molecule has 2 aliphatic rings. The molecule has 8 nitrogen and oxygen atoms in total. The van der Waals surface area contributed by atoms with Gasteiger partial charge in [0.25, 0.3) is 0 Å². The molecular weight excluding hydrogens is 560 g/mol. The zero-order valence-corrected chi connectivity index (χ0v) is 24.8. The van der Waals surface area contributed by atoms with Crippen LogP contribution in [-0.4, -0.2) is 36.1 Å². The highest BCUT2D eigenvalue weighted by atomic mass is 16.6. The summed E-state index contributed by atoms with van der Waals surface area (Å²) in [6.45, 7) is 0. The van der Waals surface area contributed by atoms with E-state index >= 15 is 0 Å². The van der Waals surface area contributed by atoms with Gasteiger partial charge in [-0.25, -0.2) is 19.2 Å². The van der Waals surface area contributed by atoms with Crippen molar-refractivity contribution in [2.45, 2.75) is 89.3 Å². The van der Waals surface area contributed by atoms with E-state index in [0.29, 0.717) is 11.1 Å². The van der Waals surface area contributed by atoms with Crippen molar-refractivity contribution in [1.29, 1.82) is 0 Å². The molecular formula is C36H38O8. The monoisotopic (exact) mass is 598 g/mol. The van der Waals surface area contributed by atoms with Gasteiger partial charge in [-0.15, -0.1) is 0 Å². The Morgan fingerprint density at radius 3 is 0.977 bits per heavy atom. The average Bonchev–Trinajstić information content (AvgIpc) is 3.47. The standard InChI is InChI=1S/C36H38O8/c37-33(43-31-21-17-27(18-22-31)35(39)41-29-9-5-1-2-6-10-29)25-13-15-26(16-14-25)34(38)44-32-23-19-28(20-24-32)36(40)42-30-11-7-3-4-8-12-30/h13-24,29-30H,1-12H2. The van der Waals surface area contributed by atoms with Crippen molar-refractivity contribution >= 4 is 23.9 Å². The van der Waals surface area contributed by atoms with Crippen LogP contribution in [0.15, 0.2) is 72.8 Å². The maximum absolute atomic E-state index is 12.7. The Labute approximate surface area is 257 Å². The Hall–Kier alpha value is -4.46. The molecule has 0 unspecified atom stereocenters. The molecule has 0 saturated heterocycles. The number of carbonyl (C=O) groups is 4. The van der Waals surface area contributed by atoms with Gasteiger partial charge in [0.2, 0.25) is 0 Å². The Morgan fingerprint density at radius 2 is 0.659 bits per heavy atom. The maximum atomic E-state index is 12.7. The summed E-state index contributed by atoms with van der Waals surface area (Å²) in [5.74, 6) is -1.39. The lowest BCUT2D eigenvalue weighted by Gasteiger charge is -2.15. The molecule has 0 heterocycles. The van der Waals surface area contributed by atoms with Crippen LogP contribution in [-0.2, 0) is 9.47 Å². The predicted octanol–water partition coefficient (Wildman–Crippen LogP) is 7.88. The average molecular weight is 599 g/mol. The van der Waals surface area contributed by atoms with Crippen molar-refractivity contribution in [3.8, 4) is 11.5 Å². The fraction of sp³-hybridized carbons (Fsp3) is 0.389. The predicted molar refractivity (Wildman–Crippen MR) is 163 cm³/mol. The third kappa shape index (κ3) is 8.78. The first-order chi connectivity index (χ1) is 21.4. The fourth-order valence-corrected chi connectivity index (χ4v) is 5.55. The third-order valence-electron chi connectivity index (χ3n) is 8.11. The van der Waals surface area contributed by atoms with E-state index in [9.17, 15) is 19.2 Å². The Kier molecular flexibility index (Phi) is 10.8. The highest BCUT2D eigenvalue weighted by molar-refractivity contribution is 5.95. The summed E-state index contributed by atoms with van der Waals surface area (Å²) in [5, 5.41) is 0. The molecule has 230 valence electrons. The first-order valence-electron chi connectivity index (χ1n) is 15.6. The molecule has 3 aromatic carbocycles. The van der Waals surface area contributed by atoms with E-state index in [0.717, 1.165) is 51.4 Å². The van der Waals surface area contributed by atoms with Gasteiger partial charge in [-0.05, 0) is 124 Å². The van der Waals surface area contributed by atoms with E-state index in [4.69, 9.17) is 18.9 Å². The van der Waals surface area contributed by atoms with E-state index in [1.54, 1.807) is 48.5 Å². The lowest BCUT2D eigenvalue weighted by Crippen LogP contribution is -2.17. The summed E-state index contributed by atoms with van der Waals surface area (Å²) in [6, 6.07) is 18.4. The summed E-state index contributed by atoms with van der Waals surface area (Å²) >= 11 is 0. The molecule has 2 aliphatic carbocycles. The minimum Gasteiger partial charge on any atom is -0.459 e. The molecule has 0 amide bonds. The first-order valence-corrected chi connectivity index (χ1v) is 15.6. The van der Waals surface area contributed by atoms with Crippen molar-refractivity contribution in [3.63, 3.8) is 0 Å². The molecule has 0 bridgehead atoms. The van der Waals surface area contributed by atoms with E-state index in [2.05, 4.69) is 0 Å². The lowest BCUT2D eigenvalue weighted by atomic mass is 10.1. The minimum atomic E-state index is -0.606. The quantitative estimate of drug-likeness (QED) is 0.146. The zero-order valence-electron chi connectivity index (χ0n) is 24.8. The normalized spacial score (nSPS) is 16.2. The Bertz CT molecular complexity index is 1300. The highest BCUT2D eigenvalue weighted by Crippen LogP contribution is 2.24. The highest BCUT2D eigenvalue weighted by Gasteiger charge is 2.20. The zero-order chi connectivity index (χ0) is 30.7. The Morgan fingerprint density at radius 1 is 0.386 bits per heavy atom. The number of hydrogen-bond acceptors (Lipinski definition) is 8.